The molecule has 16 heavy (non-hydrogen) atoms. The van der Waals surface area contributed by atoms with Crippen LogP contribution in [0.4, 0.5) is 0 Å². The van der Waals surface area contributed by atoms with Gasteiger partial charge in [-0.05, 0) is 24.3 Å². The van der Waals surface area contributed by atoms with Gasteiger partial charge in [0.25, 0.3) is 0 Å². The highest BCUT2D eigenvalue weighted by atomic mass is 16.5. The lowest BCUT2D eigenvalue weighted by Gasteiger charge is -2.07. The molecule has 0 unspecified atom stereocenters. The molecule has 0 fully saturated rings. The second kappa shape index (κ2) is 4.81. The molecule has 2 aromatic rings. The molecule has 1 heterocycles. The zero-order valence-corrected chi connectivity index (χ0v) is 9.18. The second-order valence-corrected chi connectivity index (χ2v) is 3.48. The first-order valence-corrected chi connectivity index (χ1v) is 5.12. The molecule has 4 nitrogen and oxygen atoms in total. The smallest absolute Gasteiger partial charge is 0.120 e. The Labute approximate surface area is 94.7 Å². The topological polar surface area (TPSA) is 53.1 Å². The van der Waals surface area contributed by atoms with Crippen LogP contribution < -0.4 is 10.5 Å². The minimum Gasteiger partial charge on any atom is -0.492 e. The Kier molecular flexibility index (Phi) is 3.22. The summed E-state index contributed by atoms with van der Waals surface area (Å²) in [7, 11) is 1.95. The molecular weight excluding hydrogens is 202 g/mol. The van der Waals surface area contributed by atoms with Crippen LogP contribution in [0, 0.1) is 6.07 Å². The Hall–Kier alpha value is -1.81. The van der Waals surface area contributed by atoms with Crippen LogP contribution in [-0.4, -0.2) is 22.7 Å². The Morgan fingerprint density at radius 2 is 2.38 bits per heavy atom. The quantitative estimate of drug-likeness (QED) is 0.836. The predicted molar refractivity (Wildman–Crippen MR) is 62.0 cm³/mol. The number of benzene rings is 1. The van der Waals surface area contributed by atoms with Gasteiger partial charge in [0, 0.05) is 19.2 Å². The van der Waals surface area contributed by atoms with E-state index in [9.17, 15) is 0 Å². The van der Waals surface area contributed by atoms with Gasteiger partial charge < -0.3 is 15.0 Å². The standard InChI is InChI=1S/C12H14N3O/c1-15-9-14-8-12(15)10-3-2-4-11(7-10)16-6-5-13/h3-4,7-9H,5-6,13H2,1H3. The molecule has 0 aliphatic heterocycles. The summed E-state index contributed by atoms with van der Waals surface area (Å²) >= 11 is 0. The Morgan fingerprint density at radius 3 is 3.06 bits per heavy atom. The maximum Gasteiger partial charge on any atom is 0.120 e. The summed E-state index contributed by atoms with van der Waals surface area (Å²) in [5, 5.41) is 0. The zero-order chi connectivity index (χ0) is 11.4. The van der Waals surface area contributed by atoms with Crippen LogP contribution in [0.1, 0.15) is 0 Å². The Morgan fingerprint density at radius 1 is 1.50 bits per heavy atom. The molecule has 2 N–H and O–H groups in total. The number of imidazole rings is 1. The van der Waals surface area contributed by atoms with E-state index < -0.39 is 0 Å². The van der Waals surface area contributed by atoms with Gasteiger partial charge in [-0.2, -0.15) is 0 Å². The monoisotopic (exact) mass is 216 g/mol. The van der Waals surface area contributed by atoms with Crippen molar-refractivity contribution in [1.82, 2.24) is 9.55 Å². The molecule has 0 saturated carbocycles. The van der Waals surface area contributed by atoms with Crippen molar-refractivity contribution in [3.05, 3.63) is 36.8 Å². The van der Waals surface area contributed by atoms with Crippen molar-refractivity contribution >= 4 is 0 Å². The fourth-order valence-corrected chi connectivity index (χ4v) is 1.49. The van der Waals surface area contributed by atoms with Gasteiger partial charge in [-0.15, -0.1) is 0 Å². The minimum absolute atomic E-state index is 0.510. The molecule has 0 amide bonds. The van der Waals surface area contributed by atoms with Crippen molar-refractivity contribution in [1.29, 1.82) is 0 Å². The van der Waals surface area contributed by atoms with Gasteiger partial charge in [0.1, 0.15) is 12.4 Å². The lowest BCUT2D eigenvalue weighted by Crippen LogP contribution is -2.10. The van der Waals surface area contributed by atoms with Gasteiger partial charge in [0.15, 0.2) is 0 Å². The predicted octanol–water partition coefficient (Wildman–Crippen LogP) is 1.22. The number of hydrogen-bond donors (Lipinski definition) is 1. The van der Waals surface area contributed by atoms with E-state index in [1.165, 1.54) is 0 Å². The third kappa shape index (κ3) is 2.23. The first kappa shape index (κ1) is 10.7. The number of hydrogen-bond acceptors (Lipinski definition) is 3. The molecule has 0 atom stereocenters. The fourth-order valence-electron chi connectivity index (χ4n) is 1.49. The molecule has 0 saturated heterocycles. The summed E-state index contributed by atoms with van der Waals surface area (Å²) < 4.78 is 7.40. The average molecular weight is 216 g/mol. The van der Waals surface area contributed by atoms with Gasteiger partial charge in [-0.1, -0.05) is 0 Å². The van der Waals surface area contributed by atoms with Crippen LogP contribution in [-0.2, 0) is 7.05 Å². The molecule has 1 aromatic carbocycles. The van der Waals surface area contributed by atoms with E-state index in [1.807, 2.05) is 29.9 Å². The second-order valence-electron chi connectivity index (χ2n) is 3.48. The fraction of sp³-hybridized carbons (Fsp3) is 0.250. The first-order valence-electron chi connectivity index (χ1n) is 5.12. The third-order valence-electron chi connectivity index (χ3n) is 2.26. The largest absolute Gasteiger partial charge is 0.492 e. The van der Waals surface area contributed by atoms with Crippen LogP contribution in [0.15, 0.2) is 30.7 Å². The summed E-state index contributed by atoms with van der Waals surface area (Å²) in [5.74, 6) is 0.782. The lowest BCUT2D eigenvalue weighted by molar-refractivity contribution is 0.328. The van der Waals surface area contributed by atoms with Gasteiger partial charge in [0.2, 0.25) is 0 Å². The number of aryl methyl sites for hydroxylation is 1. The highest BCUT2D eigenvalue weighted by Gasteiger charge is 2.03. The number of rotatable bonds is 4. The number of nitrogens with two attached hydrogens (primary N) is 1. The van der Waals surface area contributed by atoms with E-state index in [0.29, 0.717) is 13.2 Å². The summed E-state index contributed by atoms with van der Waals surface area (Å²) in [6.07, 6.45) is 3.58. The van der Waals surface area contributed by atoms with E-state index in [0.717, 1.165) is 17.0 Å². The highest BCUT2D eigenvalue weighted by molar-refractivity contribution is 5.60. The van der Waals surface area contributed by atoms with Crippen LogP contribution in [0.5, 0.6) is 5.75 Å². The molecule has 0 spiro atoms. The van der Waals surface area contributed by atoms with E-state index >= 15 is 0 Å². The normalized spacial score (nSPS) is 10.4. The van der Waals surface area contributed by atoms with Gasteiger partial charge in [-0.25, -0.2) is 4.98 Å². The highest BCUT2D eigenvalue weighted by Crippen LogP contribution is 2.22. The Bertz CT molecular complexity index is 465. The van der Waals surface area contributed by atoms with Crippen molar-refractivity contribution in [3.63, 3.8) is 0 Å². The number of ether oxygens (including phenoxy) is 1. The third-order valence-corrected chi connectivity index (χ3v) is 2.26. The lowest BCUT2D eigenvalue weighted by atomic mass is 10.1. The van der Waals surface area contributed by atoms with E-state index in [1.54, 1.807) is 12.4 Å². The van der Waals surface area contributed by atoms with E-state index in [4.69, 9.17) is 10.5 Å². The molecule has 4 heteroatoms. The first-order chi connectivity index (χ1) is 7.81. The van der Waals surface area contributed by atoms with Crippen molar-refractivity contribution in [2.75, 3.05) is 13.2 Å². The molecule has 0 bridgehead atoms. The SMILES string of the molecule is Cn1cncc1-c1c[c]cc(OCCN)c1. The zero-order valence-electron chi connectivity index (χ0n) is 9.18. The molecule has 2 rings (SSSR count). The molecule has 0 aliphatic carbocycles. The summed E-state index contributed by atoms with van der Waals surface area (Å²) in [6.45, 7) is 1.03. The summed E-state index contributed by atoms with van der Waals surface area (Å²) in [4.78, 5) is 4.08. The minimum atomic E-state index is 0.510. The van der Waals surface area contributed by atoms with Crippen LogP contribution >= 0.6 is 0 Å². The molecular formula is C12H14N3O. The Balaban J connectivity index is 2.26. The van der Waals surface area contributed by atoms with Crippen molar-refractivity contribution in [2.24, 2.45) is 12.8 Å². The van der Waals surface area contributed by atoms with Crippen molar-refractivity contribution in [3.8, 4) is 17.0 Å². The summed E-state index contributed by atoms with van der Waals surface area (Å²) in [5.41, 5.74) is 7.46. The summed E-state index contributed by atoms with van der Waals surface area (Å²) in [6, 6.07) is 8.72. The van der Waals surface area contributed by atoms with Gasteiger partial charge in [0.05, 0.1) is 18.2 Å². The average Bonchev–Trinajstić information content (AvgIpc) is 2.73. The molecule has 1 radical (unpaired) electrons. The molecule has 1 aromatic heterocycles. The van der Waals surface area contributed by atoms with E-state index in [2.05, 4.69) is 11.1 Å². The maximum atomic E-state index is 5.45. The van der Waals surface area contributed by atoms with E-state index in [-0.39, 0.29) is 0 Å². The number of aromatic nitrogens is 2. The number of nitrogens with zero attached hydrogens (tertiary/aromatic N) is 2. The van der Waals surface area contributed by atoms with Crippen molar-refractivity contribution in [2.45, 2.75) is 0 Å². The molecule has 0 aliphatic rings. The molecule has 83 valence electrons. The van der Waals surface area contributed by atoms with Crippen molar-refractivity contribution < 1.29 is 4.74 Å². The van der Waals surface area contributed by atoms with Crippen LogP contribution in [0.2, 0.25) is 0 Å². The van der Waals surface area contributed by atoms with Crippen LogP contribution in [0.25, 0.3) is 11.3 Å². The van der Waals surface area contributed by atoms with Gasteiger partial charge in [-0.3, -0.25) is 0 Å². The maximum absolute atomic E-state index is 5.45. The van der Waals surface area contributed by atoms with Gasteiger partial charge >= 0.3 is 0 Å². The van der Waals surface area contributed by atoms with Crippen LogP contribution in [0.3, 0.4) is 0 Å².